The van der Waals surface area contributed by atoms with E-state index in [1.54, 1.807) is 4.90 Å². The van der Waals surface area contributed by atoms with Gasteiger partial charge in [0.2, 0.25) is 0 Å². The predicted molar refractivity (Wildman–Crippen MR) is 78.6 cm³/mol. The van der Waals surface area contributed by atoms with Crippen LogP contribution in [-0.2, 0) is 4.79 Å². The lowest BCUT2D eigenvalue weighted by molar-refractivity contribution is -0.138. The molecule has 0 saturated heterocycles. The van der Waals surface area contributed by atoms with Crippen molar-refractivity contribution in [2.75, 3.05) is 13.1 Å². The van der Waals surface area contributed by atoms with Gasteiger partial charge in [0, 0.05) is 13.1 Å². The number of rotatable bonds is 7. The van der Waals surface area contributed by atoms with Gasteiger partial charge in [0.05, 0.1) is 24.4 Å². The molecule has 118 valence electrons. The molecular formula is C15H25N3O3. The van der Waals surface area contributed by atoms with E-state index < -0.39 is 11.5 Å². The van der Waals surface area contributed by atoms with Gasteiger partial charge in [-0.05, 0) is 18.8 Å². The number of nitriles is 1. The third-order valence-electron chi connectivity index (χ3n) is 3.79. The zero-order valence-corrected chi connectivity index (χ0v) is 12.9. The molecule has 0 unspecified atom stereocenters. The summed E-state index contributed by atoms with van der Waals surface area (Å²) < 4.78 is 0. The number of carbonyl (C=O) groups excluding carboxylic acids is 1. The molecule has 0 aromatic heterocycles. The largest absolute Gasteiger partial charge is 0.481 e. The van der Waals surface area contributed by atoms with E-state index >= 15 is 0 Å². The molecule has 21 heavy (non-hydrogen) atoms. The minimum absolute atomic E-state index is 0.0352. The number of nitrogens with zero attached hydrogens (tertiary/aromatic N) is 2. The zero-order chi connectivity index (χ0) is 15.9. The quantitative estimate of drug-likeness (QED) is 0.754. The highest BCUT2D eigenvalue weighted by molar-refractivity contribution is 5.77. The van der Waals surface area contributed by atoms with Crippen LogP contribution in [0.2, 0.25) is 0 Å². The molecule has 2 amide bonds. The van der Waals surface area contributed by atoms with Crippen molar-refractivity contribution in [3.05, 3.63) is 0 Å². The molecule has 0 bridgehead atoms. The van der Waals surface area contributed by atoms with Gasteiger partial charge in [-0.3, -0.25) is 4.79 Å². The molecule has 1 saturated carbocycles. The van der Waals surface area contributed by atoms with Crippen molar-refractivity contribution in [3.8, 4) is 6.07 Å². The molecule has 0 aromatic rings. The van der Waals surface area contributed by atoms with E-state index in [0.29, 0.717) is 31.8 Å². The van der Waals surface area contributed by atoms with Crippen molar-refractivity contribution < 1.29 is 14.7 Å². The first-order chi connectivity index (χ1) is 9.88. The second kappa shape index (κ2) is 7.87. The van der Waals surface area contributed by atoms with Crippen molar-refractivity contribution in [3.63, 3.8) is 0 Å². The van der Waals surface area contributed by atoms with Crippen LogP contribution in [0.4, 0.5) is 4.79 Å². The lowest BCUT2D eigenvalue weighted by atomic mass is 9.93. The first-order valence-electron chi connectivity index (χ1n) is 7.54. The average Bonchev–Trinajstić information content (AvgIpc) is 2.81. The Labute approximate surface area is 126 Å². The van der Waals surface area contributed by atoms with Crippen molar-refractivity contribution in [2.45, 2.75) is 57.9 Å². The van der Waals surface area contributed by atoms with Crippen molar-refractivity contribution >= 4 is 12.0 Å². The minimum atomic E-state index is -0.885. The smallest absolute Gasteiger partial charge is 0.317 e. The Morgan fingerprint density at radius 1 is 1.38 bits per heavy atom. The van der Waals surface area contributed by atoms with Crippen LogP contribution in [0.1, 0.15) is 52.4 Å². The fourth-order valence-corrected chi connectivity index (χ4v) is 2.89. The molecule has 0 heterocycles. The molecule has 0 aromatic carbocycles. The standard InChI is InChI=1S/C15H25N3O3/c1-12(2)11-18(9-5-8-16)14(21)17-15(10-13(19)20)6-3-4-7-15/h12H,3-7,9-11H2,1-2H3,(H,17,21)(H,19,20). The van der Waals surface area contributed by atoms with E-state index in [0.717, 1.165) is 12.8 Å². The van der Waals surface area contributed by atoms with Crippen LogP contribution in [0.25, 0.3) is 0 Å². The maximum absolute atomic E-state index is 12.4. The number of carboxylic acids is 1. The SMILES string of the molecule is CC(C)CN(CCC#N)C(=O)NC1(CC(=O)O)CCCC1. The number of hydrogen-bond acceptors (Lipinski definition) is 3. The Hall–Kier alpha value is -1.77. The number of nitrogens with one attached hydrogen (secondary N) is 1. The van der Waals surface area contributed by atoms with Crippen molar-refractivity contribution in [1.29, 1.82) is 5.26 Å². The monoisotopic (exact) mass is 295 g/mol. The summed E-state index contributed by atoms with van der Waals surface area (Å²) in [5.41, 5.74) is -0.620. The number of aliphatic carboxylic acids is 1. The lowest BCUT2D eigenvalue weighted by Gasteiger charge is -2.33. The van der Waals surface area contributed by atoms with Crippen molar-refractivity contribution in [2.24, 2.45) is 5.92 Å². The lowest BCUT2D eigenvalue weighted by Crippen LogP contribution is -2.53. The molecule has 0 atom stereocenters. The number of amides is 2. The summed E-state index contributed by atoms with van der Waals surface area (Å²) in [4.78, 5) is 25.1. The summed E-state index contributed by atoms with van der Waals surface area (Å²) in [6.07, 6.45) is 3.54. The topological polar surface area (TPSA) is 93.4 Å². The van der Waals surface area contributed by atoms with Crippen LogP contribution in [0, 0.1) is 17.2 Å². The van der Waals surface area contributed by atoms with Gasteiger partial charge in [0.1, 0.15) is 0 Å². The predicted octanol–water partition coefficient (Wildman–Crippen LogP) is 2.36. The van der Waals surface area contributed by atoms with E-state index in [2.05, 4.69) is 5.32 Å². The highest BCUT2D eigenvalue weighted by Gasteiger charge is 2.38. The molecule has 0 radical (unpaired) electrons. The van der Waals surface area contributed by atoms with Crippen molar-refractivity contribution in [1.82, 2.24) is 10.2 Å². The van der Waals surface area contributed by atoms with E-state index in [-0.39, 0.29) is 18.9 Å². The summed E-state index contributed by atoms with van der Waals surface area (Å²) >= 11 is 0. The van der Waals surface area contributed by atoms with Gasteiger partial charge in [0.15, 0.2) is 0 Å². The Kier molecular flexibility index (Phi) is 6.47. The molecular weight excluding hydrogens is 270 g/mol. The van der Waals surface area contributed by atoms with E-state index in [4.69, 9.17) is 10.4 Å². The van der Waals surface area contributed by atoms with Crippen LogP contribution < -0.4 is 5.32 Å². The summed E-state index contributed by atoms with van der Waals surface area (Å²) in [5.74, 6) is -0.585. The van der Waals surface area contributed by atoms with E-state index in [9.17, 15) is 9.59 Å². The first kappa shape index (κ1) is 17.3. The summed E-state index contributed by atoms with van der Waals surface area (Å²) in [6, 6.07) is 1.80. The summed E-state index contributed by atoms with van der Waals surface area (Å²) in [7, 11) is 0. The first-order valence-corrected chi connectivity index (χ1v) is 7.54. The normalized spacial score (nSPS) is 16.5. The second-order valence-electron chi connectivity index (χ2n) is 6.24. The van der Waals surface area contributed by atoms with Gasteiger partial charge in [0.25, 0.3) is 0 Å². The number of carbonyl (C=O) groups is 2. The van der Waals surface area contributed by atoms with Gasteiger partial charge in [-0.25, -0.2) is 4.79 Å². The Balaban J connectivity index is 2.72. The minimum Gasteiger partial charge on any atom is -0.481 e. The number of hydrogen-bond donors (Lipinski definition) is 2. The van der Waals surface area contributed by atoms with Crippen LogP contribution in [0.15, 0.2) is 0 Å². The maximum Gasteiger partial charge on any atom is 0.317 e. The highest BCUT2D eigenvalue weighted by atomic mass is 16.4. The molecule has 1 fully saturated rings. The number of carboxylic acid groups (broad SMARTS) is 1. The fraction of sp³-hybridized carbons (Fsp3) is 0.800. The average molecular weight is 295 g/mol. The van der Waals surface area contributed by atoms with E-state index in [1.807, 2.05) is 19.9 Å². The van der Waals surface area contributed by atoms with Gasteiger partial charge < -0.3 is 15.3 Å². The van der Waals surface area contributed by atoms with Gasteiger partial charge in [-0.1, -0.05) is 26.7 Å². The van der Waals surface area contributed by atoms with Gasteiger partial charge in [-0.15, -0.1) is 0 Å². The highest BCUT2D eigenvalue weighted by Crippen LogP contribution is 2.32. The molecule has 1 aliphatic rings. The van der Waals surface area contributed by atoms with Gasteiger partial charge >= 0.3 is 12.0 Å². The molecule has 2 N–H and O–H groups in total. The zero-order valence-electron chi connectivity index (χ0n) is 12.9. The van der Waals surface area contributed by atoms with Crippen LogP contribution in [0.3, 0.4) is 0 Å². The van der Waals surface area contributed by atoms with E-state index in [1.165, 1.54) is 0 Å². The van der Waals surface area contributed by atoms with Gasteiger partial charge in [-0.2, -0.15) is 5.26 Å². The van der Waals surface area contributed by atoms with Crippen LogP contribution in [-0.4, -0.2) is 40.6 Å². The molecule has 0 spiro atoms. The molecule has 1 aliphatic carbocycles. The third kappa shape index (κ3) is 5.62. The van der Waals surface area contributed by atoms with Crippen LogP contribution >= 0.6 is 0 Å². The second-order valence-corrected chi connectivity index (χ2v) is 6.24. The summed E-state index contributed by atoms with van der Waals surface area (Å²) in [6.45, 7) is 4.96. The molecule has 0 aliphatic heterocycles. The number of urea groups is 1. The fourth-order valence-electron chi connectivity index (χ4n) is 2.89. The maximum atomic E-state index is 12.4. The molecule has 6 heteroatoms. The Morgan fingerprint density at radius 3 is 2.48 bits per heavy atom. The Morgan fingerprint density at radius 2 is 2.00 bits per heavy atom. The molecule has 1 rings (SSSR count). The molecule has 6 nitrogen and oxygen atoms in total. The third-order valence-corrected chi connectivity index (χ3v) is 3.79. The Bertz CT molecular complexity index is 409. The summed E-state index contributed by atoms with van der Waals surface area (Å²) in [5, 5.41) is 20.7. The van der Waals surface area contributed by atoms with Crippen LogP contribution in [0.5, 0.6) is 0 Å².